The van der Waals surface area contributed by atoms with Gasteiger partial charge in [0.1, 0.15) is 0 Å². The van der Waals surface area contributed by atoms with E-state index >= 15 is 0 Å². The first-order valence-corrected chi connectivity index (χ1v) is 5.94. The molecule has 0 saturated heterocycles. The number of aromatic nitrogens is 2. The molecule has 0 radical (unpaired) electrons. The maximum atomic E-state index is 11.2. The zero-order chi connectivity index (χ0) is 12.1. The van der Waals surface area contributed by atoms with Crippen LogP contribution in [0.25, 0.3) is 0 Å². The second-order valence-electron chi connectivity index (χ2n) is 3.93. The summed E-state index contributed by atoms with van der Waals surface area (Å²) in [6.07, 6.45) is 2.75. The van der Waals surface area contributed by atoms with Crippen molar-refractivity contribution in [2.24, 2.45) is 0 Å². The lowest BCUT2D eigenvalue weighted by Crippen LogP contribution is -2.37. The summed E-state index contributed by atoms with van der Waals surface area (Å²) in [4.78, 5) is 11.2. The minimum absolute atomic E-state index is 0.128. The summed E-state index contributed by atoms with van der Waals surface area (Å²) in [7, 11) is 0. The molecule has 6 heteroatoms. The molecule has 0 aromatic carbocycles. The fraction of sp³-hybridized carbons (Fsp3) is 0.636. The Balaban J connectivity index is 1.83. The number of urea groups is 1. The summed E-state index contributed by atoms with van der Waals surface area (Å²) in [5.74, 6) is 0. The minimum atomic E-state index is -0.128. The van der Waals surface area contributed by atoms with Crippen LogP contribution in [-0.4, -0.2) is 35.5 Å². The fourth-order valence-corrected chi connectivity index (χ4v) is 1.90. The molecular formula is C11H18N4O2. The first kappa shape index (κ1) is 11.9. The van der Waals surface area contributed by atoms with Gasteiger partial charge < -0.3 is 15.4 Å². The summed E-state index contributed by atoms with van der Waals surface area (Å²) in [5, 5.41) is 9.78. The van der Waals surface area contributed by atoms with Crippen molar-refractivity contribution in [3.63, 3.8) is 0 Å². The Morgan fingerprint density at radius 2 is 2.47 bits per heavy atom. The number of carbonyl (C=O) groups is 1. The van der Waals surface area contributed by atoms with Crippen molar-refractivity contribution in [2.45, 2.75) is 26.5 Å². The van der Waals surface area contributed by atoms with Crippen LogP contribution in [0.3, 0.4) is 0 Å². The Labute approximate surface area is 100 Å². The molecule has 1 aromatic rings. The second kappa shape index (κ2) is 5.67. The smallest absolute Gasteiger partial charge is 0.314 e. The van der Waals surface area contributed by atoms with Gasteiger partial charge in [0.25, 0.3) is 0 Å². The minimum Gasteiger partial charge on any atom is -0.376 e. The van der Waals surface area contributed by atoms with Crippen LogP contribution in [0, 0.1) is 0 Å². The highest BCUT2D eigenvalue weighted by Gasteiger charge is 2.14. The van der Waals surface area contributed by atoms with Crippen molar-refractivity contribution >= 4 is 6.03 Å². The van der Waals surface area contributed by atoms with E-state index in [2.05, 4.69) is 15.7 Å². The first-order chi connectivity index (χ1) is 8.31. The molecule has 17 heavy (non-hydrogen) atoms. The molecule has 2 heterocycles. The first-order valence-electron chi connectivity index (χ1n) is 5.94. The van der Waals surface area contributed by atoms with Crippen LogP contribution < -0.4 is 10.6 Å². The molecule has 6 nitrogen and oxygen atoms in total. The standard InChI is InChI=1S/C11H18N4O2/c1-2-12-11(16)13-4-5-15-10-3-6-17-8-9(10)7-14-15/h7H,2-6,8H2,1H3,(H2,12,13,16). The molecule has 0 atom stereocenters. The number of amides is 2. The number of ether oxygens (including phenoxy) is 1. The molecule has 0 fully saturated rings. The lowest BCUT2D eigenvalue weighted by atomic mass is 10.2. The Morgan fingerprint density at radius 1 is 1.59 bits per heavy atom. The number of rotatable bonds is 4. The Morgan fingerprint density at radius 3 is 3.29 bits per heavy atom. The van der Waals surface area contributed by atoms with E-state index in [1.165, 1.54) is 5.69 Å². The Bertz CT molecular complexity index is 389. The molecule has 2 rings (SSSR count). The molecule has 0 bridgehead atoms. The van der Waals surface area contributed by atoms with E-state index in [1.807, 2.05) is 17.8 Å². The van der Waals surface area contributed by atoms with E-state index in [1.54, 1.807) is 0 Å². The van der Waals surface area contributed by atoms with Crippen LogP contribution in [0.5, 0.6) is 0 Å². The molecule has 1 aliphatic heterocycles. The van der Waals surface area contributed by atoms with Crippen molar-refractivity contribution < 1.29 is 9.53 Å². The number of carbonyl (C=O) groups excluding carboxylic acids is 1. The quantitative estimate of drug-likeness (QED) is 0.791. The number of fused-ring (bicyclic) bond motifs is 1. The third-order valence-corrected chi connectivity index (χ3v) is 2.72. The monoisotopic (exact) mass is 238 g/mol. The molecule has 1 aromatic heterocycles. The van der Waals surface area contributed by atoms with Gasteiger partial charge in [-0.3, -0.25) is 4.68 Å². The van der Waals surface area contributed by atoms with Gasteiger partial charge >= 0.3 is 6.03 Å². The van der Waals surface area contributed by atoms with Crippen LogP contribution in [0.2, 0.25) is 0 Å². The molecule has 2 N–H and O–H groups in total. The number of hydrogen-bond acceptors (Lipinski definition) is 3. The van der Waals surface area contributed by atoms with Crippen molar-refractivity contribution in [3.8, 4) is 0 Å². The largest absolute Gasteiger partial charge is 0.376 e. The van der Waals surface area contributed by atoms with Gasteiger partial charge in [0.15, 0.2) is 0 Å². The second-order valence-corrected chi connectivity index (χ2v) is 3.93. The third kappa shape index (κ3) is 2.97. The summed E-state index contributed by atoms with van der Waals surface area (Å²) >= 11 is 0. The SMILES string of the molecule is CCNC(=O)NCCn1ncc2c1CCOC2. The maximum Gasteiger partial charge on any atom is 0.314 e. The van der Waals surface area contributed by atoms with Gasteiger partial charge in [0, 0.05) is 30.8 Å². The van der Waals surface area contributed by atoms with Gasteiger partial charge in [-0.05, 0) is 6.92 Å². The van der Waals surface area contributed by atoms with Crippen LogP contribution in [-0.2, 0) is 24.3 Å². The topological polar surface area (TPSA) is 68.2 Å². The molecule has 0 aliphatic carbocycles. The summed E-state index contributed by atoms with van der Waals surface area (Å²) in [6, 6.07) is -0.128. The molecule has 0 saturated carbocycles. The van der Waals surface area contributed by atoms with Gasteiger partial charge in [-0.25, -0.2) is 4.79 Å². The van der Waals surface area contributed by atoms with E-state index in [4.69, 9.17) is 4.74 Å². The normalized spacial score (nSPS) is 14.2. The summed E-state index contributed by atoms with van der Waals surface area (Å²) in [5.41, 5.74) is 2.39. The number of nitrogens with zero attached hydrogens (tertiary/aromatic N) is 2. The predicted octanol–water partition coefficient (Wildman–Crippen LogP) is 0.275. The fourth-order valence-electron chi connectivity index (χ4n) is 1.90. The zero-order valence-corrected chi connectivity index (χ0v) is 10.0. The van der Waals surface area contributed by atoms with Gasteiger partial charge in [0.05, 0.1) is 26.0 Å². The Hall–Kier alpha value is -1.56. The molecule has 2 amide bonds. The highest BCUT2D eigenvalue weighted by molar-refractivity contribution is 5.73. The van der Waals surface area contributed by atoms with E-state index < -0.39 is 0 Å². The number of hydrogen-bond donors (Lipinski definition) is 2. The van der Waals surface area contributed by atoms with Gasteiger partial charge in [-0.1, -0.05) is 0 Å². The van der Waals surface area contributed by atoms with Gasteiger partial charge in [0.2, 0.25) is 0 Å². The molecule has 94 valence electrons. The van der Waals surface area contributed by atoms with Crippen LogP contribution in [0.4, 0.5) is 4.79 Å². The van der Waals surface area contributed by atoms with Crippen LogP contribution in [0.1, 0.15) is 18.2 Å². The lowest BCUT2D eigenvalue weighted by Gasteiger charge is -2.14. The maximum absolute atomic E-state index is 11.2. The van der Waals surface area contributed by atoms with Gasteiger partial charge in [-0.15, -0.1) is 0 Å². The molecular weight excluding hydrogens is 220 g/mol. The van der Waals surface area contributed by atoms with Crippen LogP contribution >= 0.6 is 0 Å². The van der Waals surface area contributed by atoms with E-state index in [0.717, 1.165) is 18.6 Å². The van der Waals surface area contributed by atoms with Gasteiger partial charge in [-0.2, -0.15) is 5.10 Å². The highest BCUT2D eigenvalue weighted by Crippen LogP contribution is 2.15. The average molecular weight is 238 g/mol. The van der Waals surface area contributed by atoms with Crippen molar-refractivity contribution in [2.75, 3.05) is 19.7 Å². The number of nitrogens with one attached hydrogen (secondary N) is 2. The average Bonchev–Trinajstić information content (AvgIpc) is 2.73. The van der Waals surface area contributed by atoms with Crippen molar-refractivity contribution in [3.05, 3.63) is 17.5 Å². The zero-order valence-electron chi connectivity index (χ0n) is 10.0. The van der Waals surface area contributed by atoms with E-state index in [-0.39, 0.29) is 6.03 Å². The summed E-state index contributed by atoms with van der Waals surface area (Å²) < 4.78 is 7.30. The van der Waals surface area contributed by atoms with Crippen molar-refractivity contribution in [1.82, 2.24) is 20.4 Å². The molecule has 1 aliphatic rings. The van der Waals surface area contributed by atoms with Crippen molar-refractivity contribution in [1.29, 1.82) is 0 Å². The third-order valence-electron chi connectivity index (χ3n) is 2.72. The lowest BCUT2D eigenvalue weighted by molar-refractivity contribution is 0.109. The van der Waals surface area contributed by atoms with E-state index in [0.29, 0.717) is 26.2 Å². The van der Waals surface area contributed by atoms with Crippen LogP contribution in [0.15, 0.2) is 6.20 Å². The Kier molecular flexibility index (Phi) is 3.98. The molecule has 0 spiro atoms. The highest BCUT2D eigenvalue weighted by atomic mass is 16.5. The van der Waals surface area contributed by atoms with E-state index in [9.17, 15) is 4.79 Å². The predicted molar refractivity (Wildman–Crippen MR) is 62.7 cm³/mol. The summed E-state index contributed by atoms with van der Waals surface area (Å²) in [6.45, 7) is 5.22. The molecule has 0 unspecified atom stereocenters.